The second-order valence-corrected chi connectivity index (χ2v) is 7.68. The molecule has 0 radical (unpaired) electrons. The summed E-state index contributed by atoms with van der Waals surface area (Å²) in [4.78, 5) is 25.9. The maximum atomic E-state index is 13.1. The highest BCUT2D eigenvalue weighted by atomic mass is 32.2. The third-order valence-electron chi connectivity index (χ3n) is 5.04. The van der Waals surface area contributed by atoms with Gasteiger partial charge in [-0.2, -0.15) is 0 Å². The normalized spacial score (nSPS) is 26.6. The molecule has 1 saturated heterocycles. The van der Waals surface area contributed by atoms with E-state index in [-0.39, 0.29) is 11.0 Å². The predicted octanol–water partition coefficient (Wildman–Crippen LogP) is 4.78. The zero-order chi connectivity index (χ0) is 15.9. The van der Waals surface area contributed by atoms with E-state index in [1.54, 1.807) is 11.8 Å². The molecule has 2 nitrogen and oxygen atoms in total. The first kappa shape index (κ1) is 14.7. The molecule has 1 heterocycles. The molecule has 2 atom stereocenters. The van der Waals surface area contributed by atoms with Crippen molar-refractivity contribution in [3.05, 3.63) is 59.0 Å². The van der Waals surface area contributed by atoms with Gasteiger partial charge < -0.3 is 4.79 Å². The molecule has 0 aromatic heterocycles. The molecule has 0 bridgehead atoms. The third kappa shape index (κ3) is 2.34. The van der Waals surface area contributed by atoms with E-state index < -0.39 is 5.41 Å². The maximum Gasteiger partial charge on any atom is 0.176 e. The standard InChI is InChI=1S/C20H18O2S/c21-13-20-11-4-3-10-18(20)23-17(12-20)19(22)16-9-5-7-14-6-1-2-8-15(14)16/h1-2,5-10,13,17H,3-4,11-12H2. The molecule has 0 N–H and O–H groups in total. The van der Waals surface area contributed by atoms with Crippen molar-refractivity contribution in [1.82, 2.24) is 0 Å². The lowest BCUT2D eigenvalue weighted by molar-refractivity contribution is -0.114. The van der Waals surface area contributed by atoms with Crippen LogP contribution in [-0.4, -0.2) is 17.3 Å². The largest absolute Gasteiger partial charge is 0.302 e. The van der Waals surface area contributed by atoms with Gasteiger partial charge in [0.25, 0.3) is 0 Å². The van der Waals surface area contributed by atoms with Crippen molar-refractivity contribution >= 4 is 34.6 Å². The summed E-state index contributed by atoms with van der Waals surface area (Å²) in [6.45, 7) is 0. The Bertz CT molecular complexity index is 818. The molecule has 1 aliphatic heterocycles. The summed E-state index contributed by atoms with van der Waals surface area (Å²) in [5, 5.41) is 1.95. The van der Waals surface area contributed by atoms with Crippen LogP contribution in [0.2, 0.25) is 0 Å². The van der Waals surface area contributed by atoms with E-state index in [4.69, 9.17) is 0 Å². The Morgan fingerprint density at radius 2 is 2.00 bits per heavy atom. The van der Waals surface area contributed by atoms with Crippen LogP contribution < -0.4 is 0 Å². The van der Waals surface area contributed by atoms with E-state index in [1.165, 1.54) is 0 Å². The van der Waals surface area contributed by atoms with Crippen LogP contribution in [-0.2, 0) is 4.79 Å². The summed E-state index contributed by atoms with van der Waals surface area (Å²) in [7, 11) is 0. The summed E-state index contributed by atoms with van der Waals surface area (Å²) < 4.78 is 0. The van der Waals surface area contributed by atoms with Crippen LogP contribution in [0.3, 0.4) is 0 Å². The van der Waals surface area contributed by atoms with Crippen molar-refractivity contribution < 1.29 is 9.59 Å². The Hall–Kier alpha value is -1.87. The van der Waals surface area contributed by atoms with E-state index >= 15 is 0 Å². The zero-order valence-electron chi connectivity index (χ0n) is 12.8. The van der Waals surface area contributed by atoms with Gasteiger partial charge in [-0.25, -0.2) is 0 Å². The smallest absolute Gasteiger partial charge is 0.176 e. The van der Waals surface area contributed by atoms with Crippen LogP contribution in [0.4, 0.5) is 0 Å². The molecule has 4 rings (SSSR count). The highest BCUT2D eigenvalue weighted by Crippen LogP contribution is 2.55. The molecule has 23 heavy (non-hydrogen) atoms. The van der Waals surface area contributed by atoms with Gasteiger partial charge in [-0.15, -0.1) is 11.8 Å². The average molecular weight is 322 g/mol. The summed E-state index contributed by atoms with van der Waals surface area (Å²) in [6.07, 6.45) is 6.84. The number of allylic oxidation sites excluding steroid dienone is 2. The van der Waals surface area contributed by atoms with Crippen molar-refractivity contribution in [1.29, 1.82) is 0 Å². The first-order chi connectivity index (χ1) is 11.2. The topological polar surface area (TPSA) is 34.1 Å². The van der Waals surface area contributed by atoms with Gasteiger partial charge in [0.1, 0.15) is 6.29 Å². The summed E-state index contributed by atoms with van der Waals surface area (Å²) >= 11 is 1.61. The molecule has 116 valence electrons. The minimum absolute atomic E-state index is 0.143. The number of ketones is 1. The van der Waals surface area contributed by atoms with Crippen LogP contribution in [0.15, 0.2) is 53.4 Å². The van der Waals surface area contributed by atoms with E-state index in [2.05, 4.69) is 6.08 Å². The number of fused-ring (bicyclic) bond motifs is 2. The Kier molecular flexibility index (Phi) is 3.61. The highest BCUT2D eigenvalue weighted by molar-refractivity contribution is 8.04. The van der Waals surface area contributed by atoms with Crippen molar-refractivity contribution in [3.63, 3.8) is 0 Å². The van der Waals surface area contributed by atoms with Crippen LogP contribution in [0, 0.1) is 5.41 Å². The Balaban J connectivity index is 1.71. The van der Waals surface area contributed by atoms with Crippen molar-refractivity contribution in [3.8, 4) is 0 Å². The summed E-state index contributed by atoms with van der Waals surface area (Å²) in [5.41, 5.74) is 0.384. The fourth-order valence-electron chi connectivity index (χ4n) is 3.80. The molecule has 0 amide bonds. The molecule has 1 aliphatic carbocycles. The number of hydrogen-bond donors (Lipinski definition) is 0. The molecule has 2 unspecified atom stereocenters. The molecule has 2 aliphatic rings. The van der Waals surface area contributed by atoms with Crippen molar-refractivity contribution in [2.24, 2.45) is 5.41 Å². The molecule has 0 saturated carbocycles. The fraction of sp³-hybridized carbons (Fsp3) is 0.300. The van der Waals surface area contributed by atoms with Gasteiger partial charge in [-0.05, 0) is 41.4 Å². The lowest BCUT2D eigenvalue weighted by atomic mass is 9.76. The van der Waals surface area contributed by atoms with Gasteiger partial charge in [0.05, 0.1) is 10.7 Å². The molecule has 1 fully saturated rings. The first-order valence-electron chi connectivity index (χ1n) is 8.09. The van der Waals surface area contributed by atoms with Gasteiger partial charge in [0, 0.05) is 5.56 Å². The Morgan fingerprint density at radius 1 is 1.17 bits per heavy atom. The van der Waals surface area contributed by atoms with Gasteiger partial charge >= 0.3 is 0 Å². The van der Waals surface area contributed by atoms with E-state index in [1.807, 2.05) is 42.5 Å². The molecule has 2 aromatic rings. The Morgan fingerprint density at radius 3 is 2.83 bits per heavy atom. The molecule has 2 aromatic carbocycles. The third-order valence-corrected chi connectivity index (χ3v) is 6.53. The minimum atomic E-state index is -0.395. The summed E-state index contributed by atoms with van der Waals surface area (Å²) in [5.74, 6) is 0.156. The molecule has 3 heteroatoms. The quantitative estimate of drug-likeness (QED) is 0.602. The average Bonchev–Trinajstić information content (AvgIpc) is 3.01. The van der Waals surface area contributed by atoms with E-state index in [0.717, 1.165) is 46.8 Å². The van der Waals surface area contributed by atoms with Crippen molar-refractivity contribution in [2.45, 2.75) is 30.9 Å². The second kappa shape index (κ2) is 5.64. The maximum absolute atomic E-state index is 13.1. The lowest BCUT2D eigenvalue weighted by Gasteiger charge is -2.26. The fourth-order valence-corrected chi connectivity index (χ4v) is 5.40. The monoisotopic (exact) mass is 322 g/mol. The van der Waals surface area contributed by atoms with Crippen LogP contribution in [0.25, 0.3) is 10.8 Å². The summed E-state index contributed by atoms with van der Waals surface area (Å²) in [6, 6.07) is 13.9. The predicted molar refractivity (Wildman–Crippen MR) is 94.7 cm³/mol. The van der Waals surface area contributed by atoms with Gasteiger partial charge in [-0.1, -0.05) is 48.5 Å². The second-order valence-electron chi connectivity index (χ2n) is 6.44. The van der Waals surface area contributed by atoms with Crippen molar-refractivity contribution in [2.75, 3.05) is 0 Å². The number of hydrogen-bond acceptors (Lipinski definition) is 3. The van der Waals surface area contributed by atoms with Gasteiger partial charge in [0.2, 0.25) is 0 Å². The zero-order valence-corrected chi connectivity index (χ0v) is 13.6. The minimum Gasteiger partial charge on any atom is -0.302 e. The number of rotatable bonds is 3. The number of benzene rings is 2. The molecule has 0 spiro atoms. The van der Waals surface area contributed by atoms with Crippen LogP contribution >= 0.6 is 11.8 Å². The van der Waals surface area contributed by atoms with Gasteiger partial charge in [0.15, 0.2) is 5.78 Å². The highest BCUT2D eigenvalue weighted by Gasteiger charge is 2.47. The number of carbonyl (C=O) groups excluding carboxylic acids is 2. The molecular formula is C20H18O2S. The molecular weight excluding hydrogens is 304 g/mol. The number of thioether (sulfide) groups is 1. The number of carbonyl (C=O) groups is 2. The first-order valence-corrected chi connectivity index (χ1v) is 8.97. The SMILES string of the molecule is O=CC12CCCC=C1SC(C(=O)c1cccc3ccccc13)C2. The lowest BCUT2D eigenvalue weighted by Crippen LogP contribution is -2.25. The van der Waals surface area contributed by atoms with Gasteiger partial charge in [-0.3, -0.25) is 4.79 Å². The van der Waals surface area contributed by atoms with E-state index in [0.29, 0.717) is 6.42 Å². The number of aldehydes is 1. The Labute approximate surface area is 140 Å². The van der Waals surface area contributed by atoms with Crippen LogP contribution in [0.5, 0.6) is 0 Å². The number of Topliss-reactive ketones (excluding diaryl/α,β-unsaturated/α-hetero) is 1. The van der Waals surface area contributed by atoms with Crippen LogP contribution in [0.1, 0.15) is 36.0 Å². The van der Waals surface area contributed by atoms with E-state index in [9.17, 15) is 9.59 Å².